The van der Waals surface area contributed by atoms with Crippen LogP contribution in [0.25, 0.3) is 0 Å². The minimum absolute atomic E-state index is 0.0384. The summed E-state index contributed by atoms with van der Waals surface area (Å²) in [5, 5.41) is 2.90. The fourth-order valence-corrected chi connectivity index (χ4v) is 3.23. The number of nitrogens with one attached hydrogen (secondary N) is 1. The van der Waals surface area contributed by atoms with E-state index in [1.54, 1.807) is 25.3 Å². The molecule has 1 aliphatic rings. The lowest BCUT2D eigenvalue weighted by atomic mass is 10.0. The molecule has 0 spiro atoms. The van der Waals surface area contributed by atoms with E-state index in [0.717, 1.165) is 24.5 Å². The summed E-state index contributed by atoms with van der Waals surface area (Å²) >= 11 is 0. The Labute approximate surface area is 159 Å². The molecule has 27 heavy (non-hydrogen) atoms. The van der Waals surface area contributed by atoms with Crippen LogP contribution in [0.15, 0.2) is 36.5 Å². The largest absolute Gasteiger partial charge is 0.496 e. The van der Waals surface area contributed by atoms with Crippen LogP contribution in [0.1, 0.15) is 41.3 Å². The first-order valence-corrected chi connectivity index (χ1v) is 9.21. The summed E-state index contributed by atoms with van der Waals surface area (Å²) in [7, 11) is 1.55. The lowest BCUT2D eigenvalue weighted by Crippen LogP contribution is -2.25. The van der Waals surface area contributed by atoms with Crippen molar-refractivity contribution in [2.24, 2.45) is 0 Å². The number of pyridine rings is 1. The summed E-state index contributed by atoms with van der Waals surface area (Å²) in [6.07, 6.45) is 4.40. The van der Waals surface area contributed by atoms with Gasteiger partial charge in [-0.2, -0.15) is 0 Å². The molecule has 0 saturated carbocycles. The predicted octanol–water partition coefficient (Wildman–Crippen LogP) is 2.75. The van der Waals surface area contributed by atoms with Crippen molar-refractivity contribution in [1.29, 1.82) is 0 Å². The first-order valence-electron chi connectivity index (χ1n) is 9.21. The van der Waals surface area contributed by atoms with E-state index < -0.39 is 0 Å². The maximum Gasteiger partial charge on any atom is 0.224 e. The zero-order chi connectivity index (χ0) is 19.2. The van der Waals surface area contributed by atoms with E-state index in [1.807, 2.05) is 18.3 Å². The zero-order valence-corrected chi connectivity index (χ0v) is 15.8. The fourth-order valence-electron chi connectivity index (χ4n) is 3.23. The van der Waals surface area contributed by atoms with Crippen molar-refractivity contribution < 1.29 is 14.3 Å². The molecular weight excluding hydrogens is 342 g/mol. The number of rotatable bonds is 7. The Hall–Kier alpha value is -2.89. The first kappa shape index (κ1) is 18.9. The maximum absolute atomic E-state index is 12.3. The monoisotopic (exact) mass is 367 g/mol. The van der Waals surface area contributed by atoms with Crippen LogP contribution in [0.3, 0.4) is 0 Å². The van der Waals surface area contributed by atoms with Gasteiger partial charge in [0, 0.05) is 37.0 Å². The van der Waals surface area contributed by atoms with Gasteiger partial charge in [0.15, 0.2) is 5.78 Å². The van der Waals surface area contributed by atoms with Crippen molar-refractivity contribution in [3.63, 3.8) is 0 Å². The molecule has 1 saturated heterocycles. The Kier molecular flexibility index (Phi) is 6.06. The van der Waals surface area contributed by atoms with Crippen LogP contribution in [0, 0.1) is 0 Å². The van der Waals surface area contributed by atoms with Gasteiger partial charge in [-0.05, 0) is 49.6 Å². The number of ether oxygens (including phenoxy) is 1. The molecule has 0 unspecified atom stereocenters. The molecule has 1 aliphatic heterocycles. The van der Waals surface area contributed by atoms with E-state index in [9.17, 15) is 9.59 Å². The number of hydrogen-bond donors (Lipinski definition) is 1. The first-order chi connectivity index (χ1) is 13.1. The molecule has 2 aromatic rings. The number of methoxy groups -OCH3 is 1. The van der Waals surface area contributed by atoms with Gasteiger partial charge in [-0.1, -0.05) is 6.07 Å². The highest BCUT2D eigenvalue weighted by molar-refractivity contribution is 5.94. The fraction of sp³-hybridized carbons (Fsp3) is 0.381. The van der Waals surface area contributed by atoms with Gasteiger partial charge >= 0.3 is 0 Å². The molecule has 0 aliphatic carbocycles. The van der Waals surface area contributed by atoms with E-state index in [1.165, 1.54) is 19.8 Å². The number of aromatic nitrogens is 1. The van der Waals surface area contributed by atoms with E-state index in [0.29, 0.717) is 23.4 Å². The number of carbonyl (C=O) groups excluding carboxylic acids is 2. The molecule has 0 bridgehead atoms. The average Bonchev–Trinajstić information content (AvgIpc) is 3.21. The van der Waals surface area contributed by atoms with Crippen molar-refractivity contribution >= 4 is 17.5 Å². The van der Waals surface area contributed by atoms with Crippen LogP contribution in [-0.4, -0.2) is 36.9 Å². The SMILES string of the molecule is COc1ccc(C(C)=O)cc1CC(=O)NCc1ccc(N2CCCC2)nc1. The number of hydrogen-bond acceptors (Lipinski definition) is 5. The third kappa shape index (κ3) is 4.84. The second-order valence-electron chi connectivity index (χ2n) is 6.76. The average molecular weight is 367 g/mol. The van der Waals surface area contributed by atoms with Gasteiger partial charge in [-0.3, -0.25) is 9.59 Å². The Morgan fingerprint density at radius 2 is 1.96 bits per heavy atom. The Morgan fingerprint density at radius 3 is 2.59 bits per heavy atom. The molecule has 6 heteroatoms. The Balaban J connectivity index is 1.58. The topological polar surface area (TPSA) is 71.5 Å². The number of amides is 1. The van der Waals surface area contributed by atoms with Gasteiger partial charge in [0.2, 0.25) is 5.91 Å². The van der Waals surface area contributed by atoms with E-state index in [2.05, 4.69) is 15.2 Å². The third-order valence-corrected chi connectivity index (χ3v) is 4.77. The highest BCUT2D eigenvalue weighted by Crippen LogP contribution is 2.21. The summed E-state index contributed by atoms with van der Waals surface area (Å²) in [5.41, 5.74) is 2.22. The van der Waals surface area contributed by atoms with Gasteiger partial charge in [0.05, 0.1) is 13.5 Å². The molecule has 1 aromatic carbocycles. The van der Waals surface area contributed by atoms with Gasteiger partial charge < -0.3 is 15.0 Å². The number of anilines is 1. The number of ketones is 1. The van der Waals surface area contributed by atoms with Crippen LogP contribution in [0.5, 0.6) is 5.75 Å². The lowest BCUT2D eigenvalue weighted by Gasteiger charge is -2.16. The van der Waals surface area contributed by atoms with Crippen LogP contribution in [-0.2, 0) is 17.8 Å². The second kappa shape index (κ2) is 8.66. The van der Waals surface area contributed by atoms with E-state index in [-0.39, 0.29) is 18.1 Å². The summed E-state index contributed by atoms with van der Waals surface area (Å²) in [4.78, 5) is 30.7. The van der Waals surface area contributed by atoms with E-state index in [4.69, 9.17) is 4.74 Å². The molecule has 0 radical (unpaired) electrons. The standard InChI is InChI=1S/C21H25N3O3/c1-15(25)17-6-7-19(27-2)18(11-17)12-21(26)23-14-16-5-8-20(22-13-16)24-9-3-4-10-24/h5-8,11,13H,3-4,9-10,12,14H2,1-2H3,(H,23,26). The molecule has 142 valence electrons. The molecule has 1 N–H and O–H groups in total. The summed E-state index contributed by atoms with van der Waals surface area (Å²) in [6, 6.07) is 9.15. The predicted molar refractivity (Wildman–Crippen MR) is 104 cm³/mol. The normalized spacial score (nSPS) is 13.5. The highest BCUT2D eigenvalue weighted by atomic mass is 16.5. The third-order valence-electron chi connectivity index (χ3n) is 4.77. The van der Waals surface area contributed by atoms with Crippen LogP contribution < -0.4 is 15.0 Å². The minimum atomic E-state index is -0.127. The molecule has 0 atom stereocenters. The number of carbonyl (C=O) groups is 2. The summed E-state index contributed by atoms with van der Waals surface area (Å²) < 4.78 is 5.30. The zero-order valence-electron chi connectivity index (χ0n) is 15.8. The molecule has 1 amide bonds. The van der Waals surface area contributed by atoms with Crippen molar-refractivity contribution in [3.05, 3.63) is 53.2 Å². The second-order valence-corrected chi connectivity index (χ2v) is 6.76. The van der Waals surface area contributed by atoms with Gasteiger partial charge in [0.1, 0.15) is 11.6 Å². The Morgan fingerprint density at radius 1 is 1.19 bits per heavy atom. The van der Waals surface area contributed by atoms with Crippen LogP contribution in [0.2, 0.25) is 0 Å². The number of benzene rings is 1. The molecule has 1 aromatic heterocycles. The molecular formula is C21H25N3O3. The molecule has 3 rings (SSSR count). The Bertz CT molecular complexity index is 812. The number of Topliss-reactive ketones (excluding diaryl/α,β-unsaturated/α-hetero) is 1. The van der Waals surface area contributed by atoms with Crippen LogP contribution >= 0.6 is 0 Å². The summed E-state index contributed by atoms with van der Waals surface area (Å²) in [6.45, 7) is 4.04. The quantitative estimate of drug-likeness (QED) is 0.762. The smallest absolute Gasteiger partial charge is 0.224 e. The minimum Gasteiger partial charge on any atom is -0.496 e. The van der Waals surface area contributed by atoms with Crippen molar-refractivity contribution in [3.8, 4) is 5.75 Å². The van der Waals surface area contributed by atoms with Gasteiger partial charge in [-0.25, -0.2) is 4.98 Å². The highest BCUT2D eigenvalue weighted by Gasteiger charge is 2.14. The van der Waals surface area contributed by atoms with Crippen molar-refractivity contribution in [2.75, 3.05) is 25.1 Å². The molecule has 6 nitrogen and oxygen atoms in total. The van der Waals surface area contributed by atoms with Gasteiger partial charge in [0.25, 0.3) is 0 Å². The van der Waals surface area contributed by atoms with Crippen LogP contribution in [0.4, 0.5) is 5.82 Å². The van der Waals surface area contributed by atoms with Crippen molar-refractivity contribution in [2.45, 2.75) is 32.7 Å². The summed E-state index contributed by atoms with van der Waals surface area (Å²) in [5.74, 6) is 1.43. The van der Waals surface area contributed by atoms with Crippen molar-refractivity contribution in [1.82, 2.24) is 10.3 Å². The maximum atomic E-state index is 12.3. The van der Waals surface area contributed by atoms with E-state index >= 15 is 0 Å². The molecule has 1 fully saturated rings. The molecule has 2 heterocycles. The lowest BCUT2D eigenvalue weighted by molar-refractivity contribution is -0.120. The van der Waals surface area contributed by atoms with Gasteiger partial charge in [-0.15, -0.1) is 0 Å². The number of nitrogens with zero attached hydrogens (tertiary/aromatic N) is 2.